The Morgan fingerprint density at radius 1 is 1.60 bits per heavy atom. The molecule has 0 aromatic carbocycles. The average Bonchev–Trinajstić information content (AvgIpc) is 2.69. The summed E-state index contributed by atoms with van der Waals surface area (Å²) in [6.07, 6.45) is 1.90. The van der Waals surface area contributed by atoms with Crippen LogP contribution in [0.15, 0.2) is 6.20 Å². The Labute approximate surface area is 117 Å². The molecule has 0 aliphatic carbocycles. The van der Waals surface area contributed by atoms with E-state index in [0.717, 1.165) is 0 Å². The van der Waals surface area contributed by atoms with Crippen molar-refractivity contribution >= 4 is 11.7 Å². The molecule has 1 aromatic rings. The Hall–Kier alpha value is -1.96. The summed E-state index contributed by atoms with van der Waals surface area (Å²) in [6, 6.07) is -0.304. The normalized spacial score (nSPS) is 12.4. The topological polar surface area (TPSA) is 110 Å². The van der Waals surface area contributed by atoms with Crippen LogP contribution in [0, 0.1) is 23.0 Å². The van der Waals surface area contributed by atoms with Crippen molar-refractivity contribution in [1.82, 2.24) is 14.9 Å². The maximum atomic E-state index is 11.9. The van der Waals surface area contributed by atoms with E-state index < -0.39 is 4.92 Å². The fourth-order valence-electron chi connectivity index (χ4n) is 1.92. The van der Waals surface area contributed by atoms with Gasteiger partial charge in [0, 0.05) is 6.92 Å². The number of hydrogen-bond acceptors (Lipinski definition) is 5. The van der Waals surface area contributed by atoms with Gasteiger partial charge in [-0.25, -0.2) is 0 Å². The summed E-state index contributed by atoms with van der Waals surface area (Å²) in [5, 5.41) is 22.5. The first-order chi connectivity index (χ1) is 9.33. The monoisotopic (exact) mass is 284 g/mol. The molecule has 20 heavy (non-hydrogen) atoms. The minimum Gasteiger partial charge on any atom is -0.394 e. The molecule has 8 nitrogen and oxygen atoms in total. The fourth-order valence-corrected chi connectivity index (χ4v) is 1.92. The van der Waals surface area contributed by atoms with E-state index in [1.54, 1.807) is 6.92 Å². The Morgan fingerprint density at radius 3 is 2.70 bits per heavy atom. The van der Waals surface area contributed by atoms with Crippen LogP contribution in [0.2, 0.25) is 0 Å². The van der Waals surface area contributed by atoms with Gasteiger partial charge in [0.05, 0.1) is 12.6 Å². The third kappa shape index (κ3) is 4.61. The van der Waals surface area contributed by atoms with Crippen LogP contribution >= 0.6 is 0 Å². The molecule has 8 heteroatoms. The zero-order chi connectivity index (χ0) is 15.3. The van der Waals surface area contributed by atoms with Crippen molar-refractivity contribution in [3.63, 3.8) is 0 Å². The molecule has 1 aromatic heterocycles. The molecule has 0 fully saturated rings. The molecule has 1 atom stereocenters. The van der Waals surface area contributed by atoms with Gasteiger partial charge in [-0.2, -0.15) is 0 Å². The van der Waals surface area contributed by atoms with Gasteiger partial charge in [0.15, 0.2) is 0 Å². The van der Waals surface area contributed by atoms with Crippen molar-refractivity contribution in [2.45, 2.75) is 39.8 Å². The number of imidazole rings is 1. The highest BCUT2D eigenvalue weighted by Gasteiger charge is 2.18. The van der Waals surface area contributed by atoms with Crippen LogP contribution in [0.25, 0.3) is 0 Å². The number of carbonyl (C=O) groups excluding carboxylic acids is 1. The number of aryl methyl sites for hydroxylation is 1. The number of nitro groups is 1. The Balaban J connectivity index is 2.63. The van der Waals surface area contributed by atoms with Crippen LogP contribution in [0.5, 0.6) is 0 Å². The van der Waals surface area contributed by atoms with Crippen LogP contribution in [-0.4, -0.2) is 38.1 Å². The minimum atomic E-state index is -0.601. The van der Waals surface area contributed by atoms with E-state index in [9.17, 15) is 20.0 Å². The predicted octanol–water partition coefficient (Wildman–Crippen LogP) is 0.623. The first-order valence-electron chi connectivity index (χ1n) is 6.41. The van der Waals surface area contributed by atoms with E-state index in [1.807, 2.05) is 13.8 Å². The number of nitrogens with one attached hydrogen (secondary N) is 1. The van der Waals surface area contributed by atoms with E-state index >= 15 is 0 Å². The summed E-state index contributed by atoms with van der Waals surface area (Å²) >= 11 is 0. The zero-order valence-corrected chi connectivity index (χ0v) is 11.9. The Kier molecular flexibility index (Phi) is 5.63. The van der Waals surface area contributed by atoms with Gasteiger partial charge in [-0.05, 0) is 22.2 Å². The van der Waals surface area contributed by atoms with Crippen LogP contribution in [0.3, 0.4) is 0 Å². The third-order valence-corrected chi connectivity index (χ3v) is 2.81. The molecular formula is C12H20N4O4. The summed E-state index contributed by atoms with van der Waals surface area (Å²) in [4.78, 5) is 25.6. The highest BCUT2D eigenvalue weighted by molar-refractivity contribution is 5.76. The molecule has 1 unspecified atom stereocenters. The Bertz CT molecular complexity index is 484. The standard InChI is InChI=1S/C12H20N4O4/c1-8(2)4-10(7-17)14-12(18)6-15-5-11(16(19)20)13-9(15)3/h5,8,10,17H,4,6-7H2,1-3H3,(H,14,18). The lowest BCUT2D eigenvalue weighted by Crippen LogP contribution is -2.40. The Morgan fingerprint density at radius 2 is 2.25 bits per heavy atom. The van der Waals surface area contributed by atoms with Crippen molar-refractivity contribution in [1.29, 1.82) is 0 Å². The summed E-state index contributed by atoms with van der Waals surface area (Å²) in [6.45, 7) is 5.41. The average molecular weight is 284 g/mol. The van der Waals surface area contributed by atoms with Crippen LogP contribution in [0.4, 0.5) is 5.82 Å². The number of nitrogens with zero attached hydrogens (tertiary/aromatic N) is 3. The number of aliphatic hydroxyl groups excluding tert-OH is 1. The lowest BCUT2D eigenvalue weighted by molar-refractivity contribution is -0.389. The first kappa shape index (κ1) is 16.1. The molecule has 1 amide bonds. The molecule has 2 N–H and O–H groups in total. The van der Waals surface area contributed by atoms with Gasteiger partial charge in [0.25, 0.3) is 0 Å². The zero-order valence-electron chi connectivity index (χ0n) is 11.9. The molecular weight excluding hydrogens is 264 g/mol. The molecule has 1 heterocycles. The van der Waals surface area contributed by atoms with Crippen LogP contribution in [0.1, 0.15) is 26.1 Å². The summed E-state index contributed by atoms with van der Waals surface area (Å²) in [5.74, 6) is 0.163. The number of aromatic nitrogens is 2. The minimum absolute atomic E-state index is 0.0543. The number of amides is 1. The van der Waals surface area contributed by atoms with E-state index in [2.05, 4.69) is 10.3 Å². The molecule has 112 valence electrons. The number of aliphatic hydroxyl groups is 1. The van der Waals surface area contributed by atoms with Crippen molar-refractivity contribution < 1.29 is 14.8 Å². The lowest BCUT2D eigenvalue weighted by atomic mass is 10.0. The van der Waals surface area contributed by atoms with Gasteiger partial charge in [-0.3, -0.25) is 9.36 Å². The van der Waals surface area contributed by atoms with Gasteiger partial charge < -0.3 is 20.5 Å². The van der Waals surface area contributed by atoms with E-state index in [4.69, 9.17) is 0 Å². The largest absolute Gasteiger partial charge is 0.394 e. The van der Waals surface area contributed by atoms with Crippen LogP contribution in [-0.2, 0) is 11.3 Å². The SMILES string of the molecule is Cc1nc([N+](=O)[O-])cn1CC(=O)NC(CO)CC(C)C. The second kappa shape index (κ2) is 6.99. The summed E-state index contributed by atoms with van der Waals surface area (Å²) in [7, 11) is 0. The highest BCUT2D eigenvalue weighted by atomic mass is 16.6. The maximum Gasteiger partial charge on any atom is 0.381 e. The molecule has 0 bridgehead atoms. The van der Waals surface area contributed by atoms with Gasteiger partial charge in [-0.15, -0.1) is 0 Å². The highest BCUT2D eigenvalue weighted by Crippen LogP contribution is 2.10. The molecule has 0 saturated carbocycles. The molecule has 0 spiro atoms. The van der Waals surface area contributed by atoms with E-state index in [-0.39, 0.29) is 30.9 Å². The van der Waals surface area contributed by atoms with E-state index in [0.29, 0.717) is 18.2 Å². The third-order valence-electron chi connectivity index (χ3n) is 2.81. The van der Waals surface area contributed by atoms with Crippen molar-refractivity contribution in [3.8, 4) is 0 Å². The lowest BCUT2D eigenvalue weighted by Gasteiger charge is -2.18. The number of hydrogen-bond donors (Lipinski definition) is 2. The van der Waals surface area contributed by atoms with Crippen molar-refractivity contribution in [2.24, 2.45) is 5.92 Å². The maximum absolute atomic E-state index is 11.9. The van der Waals surface area contributed by atoms with Gasteiger partial charge in [-0.1, -0.05) is 13.8 Å². The smallest absolute Gasteiger partial charge is 0.381 e. The molecule has 1 rings (SSSR count). The summed E-state index contributed by atoms with van der Waals surface area (Å²) < 4.78 is 1.41. The second-order valence-corrected chi connectivity index (χ2v) is 5.11. The van der Waals surface area contributed by atoms with E-state index in [1.165, 1.54) is 10.8 Å². The van der Waals surface area contributed by atoms with Crippen molar-refractivity contribution in [3.05, 3.63) is 22.1 Å². The van der Waals surface area contributed by atoms with Gasteiger partial charge in [0.2, 0.25) is 11.7 Å². The summed E-state index contributed by atoms with van der Waals surface area (Å²) in [5.41, 5.74) is 0. The van der Waals surface area contributed by atoms with Crippen molar-refractivity contribution in [2.75, 3.05) is 6.61 Å². The second-order valence-electron chi connectivity index (χ2n) is 5.11. The molecule has 0 saturated heterocycles. The predicted molar refractivity (Wildman–Crippen MR) is 72.1 cm³/mol. The molecule has 0 aliphatic rings. The number of rotatable bonds is 7. The molecule has 0 aliphatic heterocycles. The van der Waals surface area contributed by atoms with Crippen LogP contribution < -0.4 is 5.32 Å². The van der Waals surface area contributed by atoms with Gasteiger partial charge in [0.1, 0.15) is 12.7 Å². The first-order valence-corrected chi connectivity index (χ1v) is 6.41. The quantitative estimate of drug-likeness (QED) is 0.563. The fraction of sp³-hybridized carbons (Fsp3) is 0.667. The number of carbonyl (C=O) groups is 1. The van der Waals surface area contributed by atoms with Gasteiger partial charge >= 0.3 is 5.82 Å². The molecule has 0 radical (unpaired) electrons.